The van der Waals surface area contributed by atoms with Crippen molar-refractivity contribution in [1.29, 1.82) is 0 Å². The molecule has 0 radical (unpaired) electrons. The predicted octanol–water partition coefficient (Wildman–Crippen LogP) is 2.96. The van der Waals surface area contributed by atoms with Crippen LogP contribution in [0.1, 0.15) is 20.3 Å². The Bertz CT molecular complexity index is 496. The summed E-state index contributed by atoms with van der Waals surface area (Å²) in [5.74, 6) is 1.31. The summed E-state index contributed by atoms with van der Waals surface area (Å²) in [5.41, 5.74) is 0.840. The maximum absolute atomic E-state index is 5.54. The number of nitrogens with one attached hydrogen (secondary N) is 1. The third-order valence-electron chi connectivity index (χ3n) is 2.38. The van der Waals surface area contributed by atoms with Crippen LogP contribution in [0, 0.1) is 0 Å². The summed E-state index contributed by atoms with van der Waals surface area (Å²) in [6, 6.07) is 8.10. The smallest absolute Gasteiger partial charge is 0.321 e. The number of hydrogen-bond donors (Lipinski definition) is 1. The van der Waals surface area contributed by atoms with Crippen LogP contribution in [0.2, 0.25) is 0 Å². The first-order chi connectivity index (χ1) is 8.85. The van der Waals surface area contributed by atoms with Gasteiger partial charge in [0.15, 0.2) is 0 Å². The number of nitrogens with zero attached hydrogens (tertiary/aromatic N) is 2. The first-order valence-electron chi connectivity index (χ1n) is 6.15. The second-order valence-corrected chi connectivity index (χ2v) is 3.78. The fourth-order valence-electron chi connectivity index (χ4n) is 1.57. The van der Waals surface area contributed by atoms with Gasteiger partial charge in [0, 0.05) is 6.54 Å². The lowest BCUT2D eigenvalue weighted by atomic mass is 10.2. The number of ether oxygens (including phenoxy) is 1. The average molecular weight is 247 g/mol. The molecule has 5 nitrogen and oxygen atoms in total. The van der Waals surface area contributed by atoms with Gasteiger partial charge in [0.2, 0.25) is 5.82 Å². The molecular weight excluding hydrogens is 230 g/mol. The second-order valence-electron chi connectivity index (χ2n) is 3.78. The van der Waals surface area contributed by atoms with E-state index < -0.39 is 0 Å². The molecule has 0 amide bonds. The Hall–Kier alpha value is -2.04. The Labute approximate surface area is 106 Å². The molecule has 0 spiro atoms. The van der Waals surface area contributed by atoms with Gasteiger partial charge in [-0.1, -0.05) is 24.2 Å². The molecule has 1 aromatic heterocycles. The molecule has 0 atom stereocenters. The van der Waals surface area contributed by atoms with Gasteiger partial charge in [-0.15, -0.1) is 0 Å². The van der Waals surface area contributed by atoms with E-state index in [0.29, 0.717) is 18.4 Å². The normalized spacial score (nSPS) is 10.3. The maximum Gasteiger partial charge on any atom is 0.321 e. The van der Waals surface area contributed by atoms with Crippen molar-refractivity contribution in [3.63, 3.8) is 0 Å². The van der Waals surface area contributed by atoms with Crippen molar-refractivity contribution in [2.24, 2.45) is 0 Å². The van der Waals surface area contributed by atoms with E-state index >= 15 is 0 Å². The molecule has 0 aliphatic rings. The molecule has 0 fully saturated rings. The fraction of sp³-hybridized carbons (Fsp3) is 0.385. The van der Waals surface area contributed by atoms with Crippen LogP contribution in [0.4, 0.5) is 6.01 Å². The van der Waals surface area contributed by atoms with E-state index in [0.717, 1.165) is 24.3 Å². The molecule has 0 aliphatic heterocycles. The number of aromatic nitrogens is 2. The molecule has 96 valence electrons. The number of rotatable bonds is 6. The third-order valence-corrected chi connectivity index (χ3v) is 2.38. The highest BCUT2D eigenvalue weighted by atomic mass is 16.5. The van der Waals surface area contributed by atoms with Crippen molar-refractivity contribution >= 4 is 6.01 Å². The second kappa shape index (κ2) is 6.05. The molecule has 2 aromatic rings. The number of anilines is 1. The van der Waals surface area contributed by atoms with E-state index in [2.05, 4.69) is 22.4 Å². The van der Waals surface area contributed by atoms with Crippen LogP contribution in [0.15, 0.2) is 28.8 Å². The molecule has 18 heavy (non-hydrogen) atoms. The van der Waals surface area contributed by atoms with Gasteiger partial charge in [-0.05, 0) is 25.5 Å². The topological polar surface area (TPSA) is 60.2 Å². The van der Waals surface area contributed by atoms with Crippen molar-refractivity contribution in [2.75, 3.05) is 18.5 Å². The Morgan fingerprint density at radius 1 is 1.28 bits per heavy atom. The summed E-state index contributed by atoms with van der Waals surface area (Å²) in [4.78, 5) is 4.29. The van der Waals surface area contributed by atoms with Crippen LogP contribution < -0.4 is 10.1 Å². The molecule has 5 heteroatoms. The molecule has 0 saturated heterocycles. The van der Waals surface area contributed by atoms with Gasteiger partial charge < -0.3 is 14.6 Å². The van der Waals surface area contributed by atoms with Gasteiger partial charge >= 0.3 is 6.01 Å². The van der Waals surface area contributed by atoms with Crippen LogP contribution >= 0.6 is 0 Å². The summed E-state index contributed by atoms with van der Waals surface area (Å²) in [6.45, 7) is 5.44. The largest absolute Gasteiger partial charge is 0.493 e. The lowest BCUT2D eigenvalue weighted by molar-refractivity contribution is 0.341. The van der Waals surface area contributed by atoms with E-state index in [-0.39, 0.29) is 0 Å². The lowest BCUT2D eigenvalue weighted by Gasteiger charge is -2.05. The summed E-state index contributed by atoms with van der Waals surface area (Å²) in [6.07, 6.45) is 1.01. The number of hydrogen-bond acceptors (Lipinski definition) is 5. The minimum Gasteiger partial charge on any atom is -0.493 e. The highest BCUT2D eigenvalue weighted by Gasteiger charge is 2.12. The number of para-hydroxylation sites is 1. The zero-order chi connectivity index (χ0) is 12.8. The van der Waals surface area contributed by atoms with Crippen molar-refractivity contribution in [3.8, 4) is 17.1 Å². The third kappa shape index (κ3) is 2.80. The van der Waals surface area contributed by atoms with Crippen LogP contribution in [-0.2, 0) is 0 Å². The summed E-state index contributed by atoms with van der Waals surface area (Å²) in [5, 5.41) is 7.01. The summed E-state index contributed by atoms with van der Waals surface area (Å²) >= 11 is 0. The van der Waals surface area contributed by atoms with Crippen molar-refractivity contribution in [3.05, 3.63) is 24.3 Å². The Balaban J connectivity index is 2.22. The average Bonchev–Trinajstić information content (AvgIpc) is 2.86. The Kier molecular flexibility index (Phi) is 4.17. The number of benzene rings is 1. The van der Waals surface area contributed by atoms with Gasteiger partial charge in [-0.25, -0.2) is 0 Å². The van der Waals surface area contributed by atoms with Gasteiger partial charge in [0.25, 0.3) is 0 Å². The predicted molar refractivity (Wildman–Crippen MR) is 69.7 cm³/mol. The fourth-order valence-corrected chi connectivity index (χ4v) is 1.57. The van der Waals surface area contributed by atoms with Crippen molar-refractivity contribution in [1.82, 2.24) is 10.1 Å². The highest BCUT2D eigenvalue weighted by Crippen LogP contribution is 2.28. The first-order valence-corrected chi connectivity index (χ1v) is 6.15. The standard InChI is InChI=1S/C13H17N3O2/c1-3-9-14-13-15-12(16-18-13)10-7-5-6-8-11(10)17-4-2/h5-8H,3-4,9H2,1-2H3,(H,14,15,16). The van der Waals surface area contributed by atoms with Gasteiger partial charge in [0.05, 0.1) is 12.2 Å². The minimum absolute atomic E-state index is 0.443. The Morgan fingerprint density at radius 2 is 2.11 bits per heavy atom. The van der Waals surface area contributed by atoms with E-state index in [9.17, 15) is 0 Å². The summed E-state index contributed by atoms with van der Waals surface area (Å²) in [7, 11) is 0. The summed E-state index contributed by atoms with van der Waals surface area (Å²) < 4.78 is 10.7. The zero-order valence-electron chi connectivity index (χ0n) is 10.6. The molecule has 1 N–H and O–H groups in total. The molecular formula is C13H17N3O2. The quantitative estimate of drug-likeness (QED) is 0.850. The minimum atomic E-state index is 0.443. The molecule has 0 unspecified atom stereocenters. The van der Waals surface area contributed by atoms with Crippen LogP contribution in [0.5, 0.6) is 5.75 Å². The molecule has 0 saturated carbocycles. The van der Waals surface area contributed by atoms with Crippen molar-refractivity contribution in [2.45, 2.75) is 20.3 Å². The first kappa shape index (κ1) is 12.4. The van der Waals surface area contributed by atoms with Crippen LogP contribution in [-0.4, -0.2) is 23.3 Å². The maximum atomic E-state index is 5.54. The van der Waals surface area contributed by atoms with Crippen LogP contribution in [0.3, 0.4) is 0 Å². The van der Waals surface area contributed by atoms with Gasteiger partial charge in [-0.2, -0.15) is 4.98 Å². The molecule has 2 rings (SSSR count). The lowest BCUT2D eigenvalue weighted by Crippen LogP contribution is -1.99. The van der Waals surface area contributed by atoms with E-state index in [1.807, 2.05) is 31.2 Å². The van der Waals surface area contributed by atoms with Crippen LogP contribution in [0.25, 0.3) is 11.4 Å². The SMILES string of the molecule is CCCNc1nc(-c2ccccc2OCC)no1. The van der Waals surface area contributed by atoms with Crippen molar-refractivity contribution < 1.29 is 9.26 Å². The highest BCUT2D eigenvalue weighted by molar-refractivity contribution is 5.64. The van der Waals surface area contributed by atoms with E-state index in [1.165, 1.54) is 0 Å². The molecule has 0 aliphatic carbocycles. The monoisotopic (exact) mass is 247 g/mol. The molecule has 1 aromatic carbocycles. The zero-order valence-corrected chi connectivity index (χ0v) is 10.6. The molecule has 0 bridgehead atoms. The molecule has 1 heterocycles. The van der Waals surface area contributed by atoms with Gasteiger partial charge in [-0.3, -0.25) is 0 Å². The van der Waals surface area contributed by atoms with E-state index in [4.69, 9.17) is 9.26 Å². The van der Waals surface area contributed by atoms with Gasteiger partial charge in [0.1, 0.15) is 5.75 Å². The Morgan fingerprint density at radius 3 is 2.89 bits per heavy atom. The van der Waals surface area contributed by atoms with E-state index in [1.54, 1.807) is 0 Å².